The lowest BCUT2D eigenvalue weighted by Gasteiger charge is -2.25. The Bertz CT molecular complexity index is 4730. The molecule has 13 aromatic rings. The quantitative estimate of drug-likeness (QED) is 0.123. The molecule has 452 valence electrons. The summed E-state index contributed by atoms with van der Waals surface area (Å²) in [6.45, 7) is 13.6. The number of aliphatic carboxylic acids is 1. The van der Waals surface area contributed by atoms with Crippen molar-refractivity contribution in [3.63, 3.8) is 0 Å². The standard InChI is InChI=1S/C48H38N4.C19H20O2.C12H12N2.C2H4O2/c1-31-25-37-21-23-45-43(27-33(3)49(45)39-15-7-5-8-16-39)47(37)51(31)41-19-11-13-35(29-41)36-14-12-20-42(30-36)52-32(2)26-38-22-24-46-44(48(38)52)28-34(4)50(46)40-17-9-6-10-18-40;1-12-10-17-16(18(12)14-6-4-3-5-7-14)9-8-15(19(17)21)11-13(2)20;13-11-5-1-3-9(7-11)10-4-2-6-12(14)8-10;1-2(3)4/h5-30H,1-4H3;3-7,10,15,18H,8-9,11H2,1-2H3;1-8H,13-14H2;1H3,(H,3,4). The van der Waals surface area contributed by atoms with Crippen molar-refractivity contribution >= 4 is 72.5 Å². The number of carbonyl (C=O) groups excluding carboxylic acids is 2. The fourth-order valence-electron chi connectivity index (χ4n) is 13.8. The van der Waals surface area contributed by atoms with Crippen LogP contribution in [0, 0.1) is 33.6 Å². The molecule has 0 saturated carbocycles. The summed E-state index contributed by atoms with van der Waals surface area (Å²) in [5.74, 6) is -0.414. The number of Topliss-reactive ketones (excluding diaryl/α,β-unsaturated/α-hetero) is 2. The normalized spacial score (nSPS) is 14.3. The summed E-state index contributed by atoms with van der Waals surface area (Å²) in [5, 5.41) is 12.4. The van der Waals surface area contributed by atoms with Gasteiger partial charge in [0.25, 0.3) is 5.97 Å². The first-order chi connectivity index (χ1) is 44.0. The molecule has 2 unspecified atom stereocenters. The average Bonchev–Trinajstić information content (AvgIpc) is 1.60. The molecule has 15 rings (SSSR count). The number of carboxylic acids is 1. The number of nitrogen functional groups attached to an aromatic ring is 2. The van der Waals surface area contributed by atoms with Crippen LogP contribution in [0.1, 0.15) is 74.3 Å². The molecule has 5 N–H and O–H groups in total. The van der Waals surface area contributed by atoms with Crippen LogP contribution in [0.5, 0.6) is 0 Å². The molecule has 10 nitrogen and oxygen atoms in total. The van der Waals surface area contributed by atoms with E-state index >= 15 is 0 Å². The summed E-state index contributed by atoms with van der Waals surface area (Å²) in [6.07, 6.45) is 4.16. The summed E-state index contributed by atoms with van der Waals surface area (Å²) in [6, 6.07) is 83.6. The minimum Gasteiger partial charge on any atom is -0.481 e. The number of rotatable bonds is 9. The summed E-state index contributed by atoms with van der Waals surface area (Å²) in [5.41, 5.74) is 36.6. The molecule has 4 aromatic heterocycles. The number of nitrogens with zero attached hydrogens (tertiary/aromatic N) is 4. The van der Waals surface area contributed by atoms with Gasteiger partial charge in [-0.25, -0.2) is 0 Å². The zero-order chi connectivity index (χ0) is 63.6. The second kappa shape index (κ2) is 25.6. The van der Waals surface area contributed by atoms with Crippen molar-refractivity contribution in [2.45, 2.75) is 73.6 Å². The third kappa shape index (κ3) is 12.2. The lowest BCUT2D eigenvalue weighted by Crippen LogP contribution is -2.24. The van der Waals surface area contributed by atoms with E-state index in [1.807, 2.05) is 72.8 Å². The van der Waals surface area contributed by atoms with Crippen molar-refractivity contribution in [3.05, 3.63) is 288 Å². The molecule has 0 aliphatic heterocycles. The molecule has 2 aliphatic rings. The Morgan fingerprint density at radius 1 is 0.462 bits per heavy atom. The zero-order valence-corrected chi connectivity index (χ0v) is 52.5. The van der Waals surface area contributed by atoms with Gasteiger partial charge in [0.1, 0.15) is 5.78 Å². The lowest BCUT2D eigenvalue weighted by atomic mass is 9.77. The summed E-state index contributed by atoms with van der Waals surface area (Å²) < 4.78 is 9.59. The second-order valence-electron chi connectivity index (χ2n) is 24.1. The molecule has 2 aliphatic carbocycles. The smallest absolute Gasteiger partial charge is 0.300 e. The maximum absolute atomic E-state index is 12.6. The van der Waals surface area contributed by atoms with Crippen LogP contribution in [0.4, 0.5) is 11.4 Å². The molecule has 9 aromatic carbocycles. The van der Waals surface area contributed by atoms with Crippen LogP contribution < -0.4 is 11.5 Å². The van der Waals surface area contributed by atoms with E-state index in [0.717, 1.165) is 59.2 Å². The predicted molar refractivity (Wildman–Crippen MR) is 375 cm³/mol. The van der Waals surface area contributed by atoms with Gasteiger partial charge in [0.2, 0.25) is 0 Å². The monoisotopic (exact) mass is 1190 g/mol. The highest BCUT2D eigenvalue weighted by molar-refractivity contribution is 6.09. The number of carbonyl (C=O) groups is 3. The number of carboxylic acid groups (broad SMARTS) is 1. The van der Waals surface area contributed by atoms with Gasteiger partial charge in [-0.3, -0.25) is 9.59 Å². The lowest BCUT2D eigenvalue weighted by molar-refractivity contribution is -0.134. The average molecular weight is 1200 g/mol. The number of nitrogens with two attached hydrogens (primary N) is 2. The van der Waals surface area contributed by atoms with Crippen LogP contribution in [-0.4, -0.2) is 40.9 Å². The highest BCUT2D eigenvalue weighted by atomic mass is 16.4. The minimum absolute atomic E-state index is 0.107. The topological polar surface area (TPSA) is 143 Å². The van der Waals surface area contributed by atoms with E-state index in [-0.39, 0.29) is 23.4 Å². The van der Waals surface area contributed by atoms with Crippen molar-refractivity contribution in [1.82, 2.24) is 18.3 Å². The predicted octanol–water partition coefficient (Wildman–Crippen LogP) is 19.0. The first-order valence-electron chi connectivity index (χ1n) is 31.0. The van der Waals surface area contributed by atoms with Crippen molar-refractivity contribution < 1.29 is 19.5 Å². The minimum atomic E-state index is -0.833. The molecular formula is C81H74N6O4. The molecule has 91 heavy (non-hydrogen) atoms. The van der Waals surface area contributed by atoms with Crippen LogP contribution in [0.25, 0.3) is 88.6 Å². The number of allylic oxidation sites excluding steroid dienone is 4. The fourth-order valence-corrected chi connectivity index (χ4v) is 13.8. The van der Waals surface area contributed by atoms with E-state index in [0.29, 0.717) is 6.42 Å². The first-order valence-corrected chi connectivity index (χ1v) is 31.0. The fraction of sp³-hybridized carbons (Fsp3) is 0.148. The van der Waals surface area contributed by atoms with Gasteiger partial charge >= 0.3 is 0 Å². The van der Waals surface area contributed by atoms with E-state index in [1.54, 1.807) is 6.92 Å². The molecule has 0 fully saturated rings. The van der Waals surface area contributed by atoms with Gasteiger partial charge in [0.15, 0.2) is 5.78 Å². The van der Waals surface area contributed by atoms with E-state index in [2.05, 4.69) is 223 Å². The number of anilines is 2. The number of aryl methyl sites for hydroxylation is 4. The molecule has 0 bridgehead atoms. The molecule has 0 amide bonds. The van der Waals surface area contributed by atoms with Crippen LogP contribution >= 0.6 is 0 Å². The molecule has 2 atom stereocenters. The van der Waals surface area contributed by atoms with Gasteiger partial charge in [-0.05, 0) is 197 Å². The Morgan fingerprint density at radius 3 is 1.29 bits per heavy atom. The Hall–Kier alpha value is -11.0. The van der Waals surface area contributed by atoms with Crippen LogP contribution in [0.2, 0.25) is 0 Å². The molecule has 0 radical (unpaired) electrons. The Labute approximate surface area is 531 Å². The van der Waals surface area contributed by atoms with Gasteiger partial charge in [-0.15, -0.1) is 0 Å². The number of aromatic nitrogens is 4. The molecule has 0 saturated heterocycles. The first kappa shape index (κ1) is 60.3. The summed E-state index contributed by atoms with van der Waals surface area (Å²) in [4.78, 5) is 32.9. The number of benzene rings is 9. The number of hydrogen-bond donors (Lipinski definition) is 3. The Balaban J connectivity index is 0.000000166. The largest absolute Gasteiger partial charge is 0.481 e. The molecule has 4 heterocycles. The van der Waals surface area contributed by atoms with Crippen molar-refractivity contribution in [2.24, 2.45) is 5.92 Å². The molecule has 10 heteroatoms. The maximum atomic E-state index is 12.6. The van der Waals surface area contributed by atoms with Crippen molar-refractivity contribution in [2.75, 3.05) is 11.5 Å². The molecular weight excluding hydrogens is 1120 g/mol. The number of ketones is 2. The van der Waals surface area contributed by atoms with Gasteiger partial charge in [0, 0.05) is 109 Å². The Morgan fingerprint density at radius 2 is 0.857 bits per heavy atom. The van der Waals surface area contributed by atoms with Crippen molar-refractivity contribution in [1.29, 1.82) is 0 Å². The van der Waals surface area contributed by atoms with Gasteiger partial charge in [-0.2, -0.15) is 0 Å². The van der Waals surface area contributed by atoms with Crippen molar-refractivity contribution in [3.8, 4) is 45.0 Å². The zero-order valence-electron chi connectivity index (χ0n) is 52.5. The molecule has 0 spiro atoms. The maximum Gasteiger partial charge on any atom is 0.300 e. The number of para-hydroxylation sites is 2. The van der Waals surface area contributed by atoms with E-state index < -0.39 is 5.97 Å². The van der Waals surface area contributed by atoms with Crippen LogP contribution in [-0.2, 0) is 14.4 Å². The van der Waals surface area contributed by atoms with Crippen LogP contribution in [0.3, 0.4) is 0 Å². The number of fused-ring (bicyclic) bond motifs is 6. The number of hydrogen-bond acceptors (Lipinski definition) is 5. The van der Waals surface area contributed by atoms with E-state index in [4.69, 9.17) is 21.4 Å². The summed E-state index contributed by atoms with van der Waals surface area (Å²) >= 11 is 0. The summed E-state index contributed by atoms with van der Waals surface area (Å²) in [7, 11) is 0. The third-order valence-corrected chi connectivity index (χ3v) is 17.5. The second-order valence-corrected chi connectivity index (χ2v) is 24.1. The van der Waals surface area contributed by atoms with Gasteiger partial charge < -0.3 is 39.6 Å². The van der Waals surface area contributed by atoms with Gasteiger partial charge in [0.05, 0.1) is 22.1 Å². The third-order valence-electron chi connectivity index (χ3n) is 17.5. The SMILES string of the molecule is CC(=O)CC1CCC2=C(C=C(C)C2c2ccccc2)C1=O.CC(=O)O.Cc1cc2c(ccc3cc(C)n(-c4cccc(-c5cccc(-n6c(C)cc7ccc8c(cc(C)n8-c8ccccc8)c76)c5)c4)c32)n1-c1ccccc1.Nc1cccc(-c2cccc(N)c2)c1. The van der Waals surface area contributed by atoms with Crippen LogP contribution in [0.15, 0.2) is 259 Å². The van der Waals surface area contributed by atoms with E-state index in [9.17, 15) is 9.59 Å². The van der Waals surface area contributed by atoms with E-state index in [1.165, 1.54) is 106 Å². The van der Waals surface area contributed by atoms with Gasteiger partial charge in [-0.1, -0.05) is 139 Å². The highest BCUT2D eigenvalue weighted by Gasteiger charge is 2.37. The Kier molecular flexibility index (Phi) is 17.0. The highest BCUT2D eigenvalue weighted by Crippen LogP contribution is 2.47.